The van der Waals surface area contributed by atoms with Crippen molar-refractivity contribution in [2.24, 2.45) is 0 Å². The fourth-order valence-electron chi connectivity index (χ4n) is 3.53. The summed E-state index contributed by atoms with van der Waals surface area (Å²) in [4.78, 5) is 12.5. The average molecular weight is 324 g/mol. The number of hydrogen-bond donors (Lipinski definition) is 1. The highest BCUT2D eigenvalue weighted by molar-refractivity contribution is 5.91. The lowest BCUT2D eigenvalue weighted by Gasteiger charge is -2.23. The monoisotopic (exact) mass is 324 g/mol. The van der Waals surface area contributed by atoms with Crippen LogP contribution in [0.4, 0.5) is 0 Å². The van der Waals surface area contributed by atoms with Gasteiger partial charge >= 0.3 is 5.97 Å². The molecule has 0 saturated heterocycles. The Bertz CT molecular complexity index is 753. The van der Waals surface area contributed by atoms with E-state index in [0.29, 0.717) is 24.2 Å². The first-order chi connectivity index (χ1) is 11.5. The molecule has 2 heterocycles. The second-order valence-electron chi connectivity index (χ2n) is 6.87. The minimum atomic E-state index is -0.271. The molecule has 2 aliphatic rings. The van der Waals surface area contributed by atoms with Gasteiger partial charge in [0, 0.05) is 22.6 Å². The predicted octanol–water partition coefficient (Wildman–Crippen LogP) is 4.96. The van der Waals surface area contributed by atoms with Crippen LogP contribution in [-0.4, -0.2) is 11.1 Å². The SMILES string of the molecule is C=C(C)C1CC/C(C)=C/CCC2=CCc3cc(O)cc1c3OC2=O. The van der Waals surface area contributed by atoms with Gasteiger partial charge in [0.25, 0.3) is 0 Å². The molecular weight excluding hydrogens is 300 g/mol. The van der Waals surface area contributed by atoms with Crippen LogP contribution >= 0.6 is 0 Å². The Morgan fingerprint density at radius 1 is 1.29 bits per heavy atom. The third kappa shape index (κ3) is 3.30. The van der Waals surface area contributed by atoms with Crippen molar-refractivity contribution in [3.8, 4) is 11.5 Å². The van der Waals surface area contributed by atoms with Gasteiger partial charge in [-0.15, -0.1) is 0 Å². The number of phenolic OH excluding ortho intramolecular Hbond substituents is 1. The maximum absolute atomic E-state index is 12.5. The minimum absolute atomic E-state index is 0.0583. The third-order valence-corrected chi connectivity index (χ3v) is 4.91. The second kappa shape index (κ2) is 6.68. The highest BCUT2D eigenvalue weighted by Crippen LogP contribution is 2.41. The first kappa shape index (κ1) is 16.6. The Kier molecular flexibility index (Phi) is 4.61. The van der Waals surface area contributed by atoms with Crippen molar-refractivity contribution >= 4 is 5.97 Å². The van der Waals surface area contributed by atoms with E-state index in [-0.39, 0.29) is 17.6 Å². The van der Waals surface area contributed by atoms with Gasteiger partial charge in [0.15, 0.2) is 0 Å². The number of phenols is 1. The van der Waals surface area contributed by atoms with Crippen LogP contribution in [0.5, 0.6) is 11.5 Å². The van der Waals surface area contributed by atoms with Crippen LogP contribution in [0.3, 0.4) is 0 Å². The normalized spacial score (nSPS) is 23.1. The average Bonchev–Trinajstić information content (AvgIpc) is 2.66. The summed E-state index contributed by atoms with van der Waals surface area (Å²) in [5.74, 6) is 0.611. The van der Waals surface area contributed by atoms with Crippen LogP contribution in [-0.2, 0) is 11.2 Å². The van der Waals surface area contributed by atoms with E-state index in [9.17, 15) is 9.90 Å². The van der Waals surface area contributed by atoms with Crippen molar-refractivity contribution in [3.63, 3.8) is 0 Å². The molecule has 1 aromatic carbocycles. The van der Waals surface area contributed by atoms with Crippen LogP contribution in [0, 0.1) is 0 Å². The van der Waals surface area contributed by atoms with E-state index in [2.05, 4.69) is 19.6 Å². The smallest absolute Gasteiger partial charge is 0.339 e. The zero-order valence-electron chi connectivity index (χ0n) is 14.4. The van der Waals surface area contributed by atoms with Gasteiger partial charge in [-0.25, -0.2) is 4.79 Å². The Balaban J connectivity index is 2.17. The van der Waals surface area contributed by atoms with Gasteiger partial charge in [0.2, 0.25) is 0 Å². The summed E-state index contributed by atoms with van der Waals surface area (Å²) >= 11 is 0. The molecule has 3 rings (SSSR count). The first-order valence-electron chi connectivity index (χ1n) is 8.53. The third-order valence-electron chi connectivity index (χ3n) is 4.91. The predicted molar refractivity (Wildman–Crippen MR) is 95.3 cm³/mol. The zero-order valence-corrected chi connectivity index (χ0v) is 14.4. The van der Waals surface area contributed by atoms with Crippen molar-refractivity contribution in [2.75, 3.05) is 0 Å². The summed E-state index contributed by atoms with van der Waals surface area (Å²) < 4.78 is 5.76. The van der Waals surface area contributed by atoms with E-state index >= 15 is 0 Å². The first-order valence-corrected chi connectivity index (χ1v) is 8.53. The number of hydrogen-bond acceptors (Lipinski definition) is 3. The van der Waals surface area contributed by atoms with E-state index < -0.39 is 0 Å². The number of esters is 1. The van der Waals surface area contributed by atoms with Gasteiger partial charge in [0.05, 0.1) is 0 Å². The van der Waals surface area contributed by atoms with Crippen LogP contribution in [0.1, 0.15) is 56.6 Å². The van der Waals surface area contributed by atoms with E-state index in [4.69, 9.17) is 4.74 Å². The number of fused-ring (bicyclic) bond motifs is 2. The molecule has 0 saturated carbocycles. The Hall–Kier alpha value is -2.29. The van der Waals surface area contributed by atoms with Gasteiger partial charge in [-0.2, -0.15) is 0 Å². The molecule has 2 bridgehead atoms. The fourth-order valence-corrected chi connectivity index (χ4v) is 3.53. The van der Waals surface area contributed by atoms with Gasteiger partial charge in [-0.05, 0) is 58.1 Å². The van der Waals surface area contributed by atoms with Crippen LogP contribution in [0.15, 0.2) is 47.6 Å². The van der Waals surface area contributed by atoms with Gasteiger partial charge in [-0.1, -0.05) is 29.9 Å². The van der Waals surface area contributed by atoms with Crippen molar-refractivity contribution in [3.05, 3.63) is 58.7 Å². The van der Waals surface area contributed by atoms with E-state index in [1.54, 1.807) is 12.1 Å². The molecule has 0 amide bonds. The summed E-state index contributed by atoms with van der Waals surface area (Å²) in [5, 5.41) is 10.2. The molecule has 1 unspecified atom stereocenters. The molecule has 1 aromatic rings. The maximum Gasteiger partial charge on any atom is 0.339 e. The maximum atomic E-state index is 12.5. The molecule has 3 heteroatoms. The minimum Gasteiger partial charge on any atom is -0.508 e. The Morgan fingerprint density at radius 3 is 2.83 bits per heavy atom. The van der Waals surface area contributed by atoms with E-state index in [1.165, 1.54) is 5.57 Å². The van der Waals surface area contributed by atoms with Crippen LogP contribution in [0.25, 0.3) is 0 Å². The Morgan fingerprint density at radius 2 is 2.08 bits per heavy atom. The summed E-state index contributed by atoms with van der Waals surface area (Å²) in [6, 6.07) is 3.42. The molecule has 126 valence electrons. The van der Waals surface area contributed by atoms with Crippen molar-refractivity contribution in [1.29, 1.82) is 0 Å². The molecule has 24 heavy (non-hydrogen) atoms. The highest BCUT2D eigenvalue weighted by Gasteiger charge is 2.26. The highest BCUT2D eigenvalue weighted by atomic mass is 16.5. The number of rotatable bonds is 1. The molecule has 0 aromatic heterocycles. The molecule has 2 aliphatic heterocycles. The molecule has 0 radical (unpaired) electrons. The molecule has 1 N–H and O–H groups in total. The van der Waals surface area contributed by atoms with Crippen LogP contribution < -0.4 is 4.74 Å². The largest absolute Gasteiger partial charge is 0.508 e. The van der Waals surface area contributed by atoms with Gasteiger partial charge < -0.3 is 9.84 Å². The summed E-state index contributed by atoms with van der Waals surface area (Å²) in [6.45, 7) is 8.26. The molecule has 0 spiro atoms. The fraction of sp³-hybridized carbons (Fsp3) is 0.381. The van der Waals surface area contributed by atoms with Gasteiger partial charge in [0.1, 0.15) is 11.5 Å². The van der Waals surface area contributed by atoms with Crippen molar-refractivity contribution in [2.45, 2.75) is 51.9 Å². The zero-order chi connectivity index (χ0) is 17.3. The van der Waals surface area contributed by atoms with E-state index in [0.717, 1.165) is 36.0 Å². The second-order valence-corrected chi connectivity index (χ2v) is 6.87. The lowest BCUT2D eigenvalue weighted by Crippen LogP contribution is -2.13. The molecule has 1 atom stereocenters. The number of carbonyl (C=O) groups excluding carboxylic acids is 1. The molecule has 3 nitrogen and oxygen atoms in total. The summed E-state index contributed by atoms with van der Waals surface area (Å²) in [5.41, 5.74) is 4.79. The van der Waals surface area contributed by atoms with Crippen LogP contribution in [0.2, 0.25) is 0 Å². The summed E-state index contributed by atoms with van der Waals surface area (Å²) in [7, 11) is 0. The van der Waals surface area contributed by atoms with Crippen molar-refractivity contribution < 1.29 is 14.6 Å². The van der Waals surface area contributed by atoms with Gasteiger partial charge in [-0.3, -0.25) is 0 Å². The summed E-state index contributed by atoms with van der Waals surface area (Å²) in [6.07, 6.45) is 8.15. The topological polar surface area (TPSA) is 46.5 Å². The number of aromatic hydroxyl groups is 1. The van der Waals surface area contributed by atoms with Crippen molar-refractivity contribution in [1.82, 2.24) is 0 Å². The standard InChI is InChI=1S/C21H24O3/c1-13(2)18-10-7-14(3)5-4-6-15-8-9-16-11-17(22)12-19(18)20(16)24-21(15)23/h5,8,11-12,18,22H,1,4,6-7,9-10H2,2-3H3/b14-5+. The molecule has 0 aliphatic carbocycles. The van der Waals surface area contributed by atoms with E-state index in [1.807, 2.05) is 13.0 Å². The molecular formula is C21H24O3. The lowest BCUT2D eigenvalue weighted by atomic mass is 9.85. The number of benzene rings is 1. The Labute approximate surface area is 143 Å². The quantitative estimate of drug-likeness (QED) is 0.451. The number of allylic oxidation sites excluding steroid dienone is 4. The molecule has 0 fully saturated rings. The number of ether oxygens (including phenoxy) is 1. The number of carbonyl (C=O) groups is 1. The lowest BCUT2D eigenvalue weighted by molar-refractivity contribution is -0.130.